The highest BCUT2D eigenvalue weighted by Crippen LogP contribution is 2.71. The number of carbonyl (C=O) groups excluding carboxylic acids is 1. The lowest BCUT2D eigenvalue weighted by atomic mass is 9.38. The Labute approximate surface area is 208 Å². The first-order valence-corrected chi connectivity index (χ1v) is 13.6. The normalized spacial score (nSPS) is 43.3. The summed E-state index contributed by atoms with van der Waals surface area (Å²) < 4.78 is 0. The molecule has 0 saturated heterocycles. The minimum absolute atomic E-state index is 0.0971. The first-order valence-electron chi connectivity index (χ1n) is 13.6. The van der Waals surface area contributed by atoms with E-state index in [-0.39, 0.29) is 22.5 Å². The molecule has 0 radical (unpaired) electrons. The van der Waals surface area contributed by atoms with Crippen LogP contribution < -0.4 is 0 Å². The van der Waals surface area contributed by atoms with Crippen LogP contribution in [0, 0.1) is 22.2 Å². The number of carbonyl (C=O) groups is 1. The molecule has 3 heteroatoms. The van der Waals surface area contributed by atoms with Gasteiger partial charge in [0.2, 0.25) is 5.78 Å². The third-order valence-corrected chi connectivity index (χ3v) is 11.4. The minimum atomic E-state index is -0.260. The summed E-state index contributed by atoms with van der Waals surface area (Å²) in [5.74, 6) is 0.365. The van der Waals surface area contributed by atoms with Crippen molar-refractivity contribution in [2.24, 2.45) is 22.2 Å². The quantitative estimate of drug-likeness (QED) is 0.464. The molecule has 0 aromatic carbocycles. The van der Waals surface area contributed by atoms with E-state index in [1.165, 1.54) is 44.9 Å². The Morgan fingerprint density at radius 1 is 1.06 bits per heavy atom. The van der Waals surface area contributed by atoms with Gasteiger partial charge in [-0.1, -0.05) is 45.4 Å². The molecule has 0 aromatic heterocycles. The number of allylic oxidation sites excluding steroid dienone is 7. The van der Waals surface area contributed by atoms with Crippen molar-refractivity contribution < 1.29 is 9.90 Å². The number of aliphatic hydroxyl groups is 1. The van der Waals surface area contributed by atoms with E-state index in [9.17, 15) is 9.90 Å². The third-order valence-electron chi connectivity index (χ3n) is 11.4. The van der Waals surface area contributed by atoms with Gasteiger partial charge in [0.05, 0.1) is 0 Å². The molecule has 0 aliphatic heterocycles. The average molecular weight is 466 g/mol. The lowest BCUT2D eigenvalue weighted by Gasteiger charge is -2.68. The highest BCUT2D eigenvalue weighted by atomic mass is 16.3. The second-order valence-corrected chi connectivity index (χ2v) is 13.0. The van der Waals surface area contributed by atoms with E-state index in [1.54, 1.807) is 11.6 Å². The predicted molar refractivity (Wildman–Crippen MR) is 142 cm³/mol. The van der Waals surface area contributed by atoms with E-state index in [4.69, 9.17) is 0 Å². The maximum atomic E-state index is 12.1. The first kappa shape index (κ1) is 25.5. The van der Waals surface area contributed by atoms with Gasteiger partial charge in [-0.05, 0) is 125 Å². The minimum Gasteiger partial charge on any atom is -0.504 e. The van der Waals surface area contributed by atoms with Crippen LogP contribution in [0.15, 0.2) is 46.3 Å². The van der Waals surface area contributed by atoms with Gasteiger partial charge in [-0.2, -0.15) is 0 Å². The number of hydrogen-bond donors (Lipinski definition) is 1. The Morgan fingerprint density at radius 3 is 2.38 bits per heavy atom. The summed E-state index contributed by atoms with van der Waals surface area (Å²) in [6, 6.07) is 0. The van der Waals surface area contributed by atoms with Gasteiger partial charge >= 0.3 is 0 Å². The zero-order chi connectivity index (χ0) is 25.1. The van der Waals surface area contributed by atoms with Gasteiger partial charge in [0.25, 0.3) is 0 Å². The Balaban J connectivity index is 1.75. The fourth-order valence-corrected chi connectivity index (χ4v) is 8.16. The highest BCUT2D eigenvalue weighted by Gasteiger charge is 2.63. The molecule has 5 atom stereocenters. The lowest BCUT2D eigenvalue weighted by molar-refractivity contribution is -0.153. The van der Waals surface area contributed by atoms with Crippen molar-refractivity contribution in [1.82, 2.24) is 4.90 Å². The van der Waals surface area contributed by atoms with Gasteiger partial charge in [0.1, 0.15) is 0 Å². The van der Waals surface area contributed by atoms with Crippen LogP contribution in [0.4, 0.5) is 0 Å². The summed E-state index contributed by atoms with van der Waals surface area (Å²) in [5.41, 5.74) is 5.56. The van der Waals surface area contributed by atoms with Gasteiger partial charge < -0.3 is 10.0 Å². The number of aliphatic hydroxyl groups excluding tert-OH is 1. The molecule has 0 heterocycles. The first-order chi connectivity index (χ1) is 15.8. The van der Waals surface area contributed by atoms with Crippen molar-refractivity contribution in [3.8, 4) is 0 Å². The number of nitrogens with zero attached hydrogens (tertiary/aromatic N) is 1. The number of ketones is 1. The summed E-state index contributed by atoms with van der Waals surface area (Å²) in [6.45, 7) is 14.2. The summed E-state index contributed by atoms with van der Waals surface area (Å²) in [6.07, 6.45) is 17.2. The molecule has 188 valence electrons. The summed E-state index contributed by atoms with van der Waals surface area (Å²) in [5, 5.41) is 10.3. The van der Waals surface area contributed by atoms with Crippen molar-refractivity contribution >= 4 is 5.78 Å². The van der Waals surface area contributed by atoms with E-state index in [0.717, 1.165) is 35.5 Å². The van der Waals surface area contributed by atoms with E-state index >= 15 is 0 Å². The molecule has 0 amide bonds. The van der Waals surface area contributed by atoms with Gasteiger partial charge in [0.15, 0.2) is 5.76 Å². The van der Waals surface area contributed by atoms with Gasteiger partial charge in [-0.3, -0.25) is 4.79 Å². The van der Waals surface area contributed by atoms with Crippen molar-refractivity contribution in [2.45, 2.75) is 105 Å². The van der Waals surface area contributed by atoms with Crippen LogP contribution in [-0.4, -0.2) is 35.4 Å². The SMILES string of the molecule is CCC1=CC(=O)C(O)=C(C)/C1=C/C=C1\CCC[C@@]2(C)[C@@H]3C[C@](C)(N(C)C)CC[C@]3(C)CC[C@]12C. The van der Waals surface area contributed by atoms with Crippen LogP contribution in [0.1, 0.15) is 99.3 Å². The van der Waals surface area contributed by atoms with Crippen LogP contribution in [-0.2, 0) is 4.79 Å². The molecule has 3 fully saturated rings. The van der Waals surface area contributed by atoms with Crippen molar-refractivity contribution in [3.05, 3.63) is 46.3 Å². The van der Waals surface area contributed by atoms with Gasteiger partial charge in [-0.15, -0.1) is 0 Å². The van der Waals surface area contributed by atoms with E-state index in [0.29, 0.717) is 10.8 Å². The average Bonchev–Trinajstić information content (AvgIpc) is 2.79. The smallest absolute Gasteiger partial charge is 0.220 e. The molecular weight excluding hydrogens is 418 g/mol. The molecule has 0 aromatic rings. The van der Waals surface area contributed by atoms with Crippen LogP contribution in [0.5, 0.6) is 0 Å². The van der Waals surface area contributed by atoms with Crippen LogP contribution in [0.2, 0.25) is 0 Å². The maximum absolute atomic E-state index is 12.1. The fraction of sp³-hybridized carbons (Fsp3) is 0.710. The topological polar surface area (TPSA) is 40.5 Å². The number of hydrogen-bond acceptors (Lipinski definition) is 3. The van der Waals surface area contributed by atoms with Crippen molar-refractivity contribution in [2.75, 3.05) is 14.1 Å². The molecule has 4 rings (SSSR count). The summed E-state index contributed by atoms with van der Waals surface area (Å²) in [7, 11) is 4.54. The molecule has 4 aliphatic rings. The number of fused-ring (bicyclic) bond motifs is 3. The van der Waals surface area contributed by atoms with E-state index in [2.05, 4.69) is 65.8 Å². The van der Waals surface area contributed by atoms with Crippen molar-refractivity contribution in [3.63, 3.8) is 0 Å². The third kappa shape index (κ3) is 3.69. The fourth-order valence-electron chi connectivity index (χ4n) is 8.16. The standard InChI is InChI=1S/C31H47NO2/c1-9-22-19-25(33)27(34)21(2)24(22)13-12-23-11-10-14-31(6)26-20-29(4,32(7)8)17-15-28(26,3)16-18-30(23,31)5/h12-13,19,26,34H,9-11,14-18,20H2,1-8H3/b23-12+,24-13-/t26-,28-,29-,30-,31+/m1/s1. The maximum Gasteiger partial charge on any atom is 0.220 e. The monoisotopic (exact) mass is 465 g/mol. The zero-order valence-electron chi connectivity index (χ0n) is 23.0. The molecule has 34 heavy (non-hydrogen) atoms. The van der Waals surface area contributed by atoms with E-state index in [1.807, 2.05) is 6.92 Å². The molecule has 4 aliphatic carbocycles. The van der Waals surface area contributed by atoms with Crippen LogP contribution >= 0.6 is 0 Å². The molecule has 0 unspecified atom stereocenters. The second-order valence-electron chi connectivity index (χ2n) is 13.0. The van der Waals surface area contributed by atoms with Crippen LogP contribution in [0.25, 0.3) is 0 Å². The predicted octanol–water partition coefficient (Wildman–Crippen LogP) is 7.71. The Bertz CT molecular complexity index is 997. The van der Waals surface area contributed by atoms with Gasteiger partial charge in [-0.25, -0.2) is 0 Å². The van der Waals surface area contributed by atoms with E-state index < -0.39 is 0 Å². The molecular formula is C31H47NO2. The molecule has 3 nitrogen and oxygen atoms in total. The summed E-state index contributed by atoms with van der Waals surface area (Å²) in [4.78, 5) is 14.6. The Morgan fingerprint density at radius 2 is 1.74 bits per heavy atom. The second kappa shape index (κ2) is 8.50. The largest absolute Gasteiger partial charge is 0.504 e. The molecule has 1 N–H and O–H groups in total. The number of rotatable bonds is 3. The Kier molecular flexibility index (Phi) is 6.37. The highest BCUT2D eigenvalue weighted by molar-refractivity contribution is 6.06. The van der Waals surface area contributed by atoms with Crippen LogP contribution in [0.3, 0.4) is 0 Å². The van der Waals surface area contributed by atoms with Gasteiger partial charge in [0, 0.05) is 11.1 Å². The molecule has 0 bridgehead atoms. The molecule has 0 spiro atoms. The lowest BCUT2D eigenvalue weighted by Crippen LogP contribution is -2.61. The summed E-state index contributed by atoms with van der Waals surface area (Å²) >= 11 is 0. The van der Waals surface area contributed by atoms with Crippen molar-refractivity contribution in [1.29, 1.82) is 0 Å². The zero-order valence-corrected chi connectivity index (χ0v) is 23.0. The Hall–Kier alpha value is -1.61. The molecule has 3 saturated carbocycles.